The topological polar surface area (TPSA) is 104 Å². The lowest BCUT2D eigenvalue weighted by Crippen LogP contribution is -1.94. The first-order valence-electron chi connectivity index (χ1n) is 8.09. The van der Waals surface area contributed by atoms with E-state index in [1.54, 1.807) is 12.1 Å². The maximum absolute atomic E-state index is 10.8. The number of hydrogen-bond acceptors (Lipinski definition) is 7. The van der Waals surface area contributed by atoms with E-state index >= 15 is 0 Å². The van der Waals surface area contributed by atoms with Crippen molar-refractivity contribution in [2.24, 2.45) is 0 Å². The second-order valence-electron chi connectivity index (χ2n) is 5.97. The van der Waals surface area contributed by atoms with Crippen LogP contribution < -0.4 is 4.74 Å². The zero-order valence-electron chi connectivity index (χ0n) is 14.5. The number of methoxy groups -OCH3 is 1. The monoisotopic (exact) mass is 362 g/mol. The molecular formula is C19H14N4O4. The predicted molar refractivity (Wildman–Crippen MR) is 98.4 cm³/mol. The summed E-state index contributed by atoms with van der Waals surface area (Å²) < 4.78 is 10.7. The minimum absolute atomic E-state index is 0.00539. The minimum atomic E-state index is -0.462. The maximum atomic E-state index is 10.8. The summed E-state index contributed by atoms with van der Waals surface area (Å²) in [6, 6.07) is 13.7. The van der Waals surface area contributed by atoms with Gasteiger partial charge in [-0.1, -0.05) is 17.3 Å². The van der Waals surface area contributed by atoms with Gasteiger partial charge in [-0.3, -0.25) is 10.1 Å². The van der Waals surface area contributed by atoms with Crippen LogP contribution in [-0.2, 0) is 0 Å². The van der Waals surface area contributed by atoms with Gasteiger partial charge in [-0.15, -0.1) is 0 Å². The Labute approximate surface area is 153 Å². The molecule has 0 aliphatic rings. The van der Waals surface area contributed by atoms with Gasteiger partial charge in [-0.25, -0.2) is 4.98 Å². The molecule has 0 fully saturated rings. The molecule has 0 saturated heterocycles. The standard InChI is InChI=1S/C19H14N4O4/c1-11-3-4-13-10-15(19(26-2)20-16(13)9-11)17-21-18(27-22-17)12-5-7-14(8-6-12)23(24)25/h3-10H,1-2H3. The molecule has 4 aromatic rings. The first kappa shape index (κ1) is 16.6. The highest BCUT2D eigenvalue weighted by molar-refractivity contribution is 5.85. The summed E-state index contributed by atoms with van der Waals surface area (Å²) in [5.74, 6) is 0.977. The SMILES string of the molecule is COc1nc2cc(C)ccc2cc1-c1noc(-c2ccc([N+](=O)[O-])cc2)n1. The summed E-state index contributed by atoms with van der Waals surface area (Å²) in [5, 5.41) is 15.7. The van der Waals surface area contributed by atoms with Gasteiger partial charge in [-0.05, 0) is 36.8 Å². The van der Waals surface area contributed by atoms with E-state index in [0.717, 1.165) is 16.5 Å². The third-order valence-electron chi connectivity index (χ3n) is 4.12. The minimum Gasteiger partial charge on any atom is -0.480 e. The number of hydrogen-bond donors (Lipinski definition) is 0. The van der Waals surface area contributed by atoms with Gasteiger partial charge in [0.25, 0.3) is 11.6 Å². The highest BCUT2D eigenvalue weighted by Gasteiger charge is 2.17. The Morgan fingerprint density at radius 1 is 1.07 bits per heavy atom. The van der Waals surface area contributed by atoms with Crippen molar-refractivity contribution in [3.8, 4) is 28.7 Å². The molecule has 134 valence electrons. The lowest BCUT2D eigenvalue weighted by molar-refractivity contribution is -0.384. The van der Waals surface area contributed by atoms with Crippen molar-refractivity contribution < 1.29 is 14.2 Å². The first-order valence-corrected chi connectivity index (χ1v) is 8.09. The van der Waals surface area contributed by atoms with E-state index in [9.17, 15) is 10.1 Å². The Kier molecular flexibility index (Phi) is 4.00. The molecule has 4 rings (SSSR count). The van der Waals surface area contributed by atoms with Crippen molar-refractivity contribution in [1.29, 1.82) is 0 Å². The van der Waals surface area contributed by atoms with Gasteiger partial charge in [0, 0.05) is 23.1 Å². The Morgan fingerprint density at radius 3 is 2.56 bits per heavy atom. The quantitative estimate of drug-likeness (QED) is 0.396. The smallest absolute Gasteiger partial charge is 0.269 e. The number of benzene rings is 2. The molecule has 0 unspecified atom stereocenters. The highest BCUT2D eigenvalue weighted by atomic mass is 16.6. The normalized spacial score (nSPS) is 10.9. The zero-order valence-corrected chi connectivity index (χ0v) is 14.5. The molecule has 2 aromatic carbocycles. The van der Waals surface area contributed by atoms with Gasteiger partial charge in [0.1, 0.15) is 0 Å². The van der Waals surface area contributed by atoms with Gasteiger partial charge in [0.05, 0.1) is 23.1 Å². The zero-order chi connectivity index (χ0) is 19.0. The number of pyridine rings is 1. The molecule has 0 radical (unpaired) electrons. The van der Waals surface area contributed by atoms with Crippen molar-refractivity contribution in [3.05, 3.63) is 64.2 Å². The Morgan fingerprint density at radius 2 is 1.85 bits per heavy atom. The maximum Gasteiger partial charge on any atom is 0.269 e. The van der Waals surface area contributed by atoms with Crippen LogP contribution >= 0.6 is 0 Å². The Hall–Kier alpha value is -3.81. The molecule has 8 nitrogen and oxygen atoms in total. The van der Waals surface area contributed by atoms with Crippen molar-refractivity contribution >= 4 is 16.6 Å². The third kappa shape index (κ3) is 3.08. The van der Waals surface area contributed by atoms with Crippen LogP contribution in [0.4, 0.5) is 5.69 Å². The van der Waals surface area contributed by atoms with Crippen LogP contribution in [0.15, 0.2) is 53.1 Å². The van der Waals surface area contributed by atoms with Crippen LogP contribution in [0.2, 0.25) is 0 Å². The summed E-state index contributed by atoms with van der Waals surface area (Å²) in [6.45, 7) is 2.00. The van der Waals surface area contributed by atoms with Crippen LogP contribution in [0.1, 0.15) is 5.56 Å². The molecule has 0 aliphatic carbocycles. The van der Waals surface area contributed by atoms with Crippen molar-refractivity contribution in [3.63, 3.8) is 0 Å². The number of aryl methyl sites for hydroxylation is 1. The lowest BCUT2D eigenvalue weighted by atomic mass is 10.1. The number of rotatable bonds is 4. The van der Waals surface area contributed by atoms with E-state index in [-0.39, 0.29) is 11.6 Å². The second-order valence-corrected chi connectivity index (χ2v) is 5.97. The van der Waals surface area contributed by atoms with Crippen molar-refractivity contribution in [1.82, 2.24) is 15.1 Å². The van der Waals surface area contributed by atoms with E-state index in [2.05, 4.69) is 15.1 Å². The summed E-state index contributed by atoms with van der Waals surface area (Å²) in [7, 11) is 1.53. The number of non-ortho nitro benzene ring substituents is 1. The van der Waals surface area contributed by atoms with Gasteiger partial charge in [-0.2, -0.15) is 4.98 Å². The molecule has 8 heteroatoms. The molecule has 0 amide bonds. The number of nitro groups is 1. The van der Waals surface area contributed by atoms with E-state index < -0.39 is 4.92 Å². The second kappa shape index (κ2) is 6.49. The van der Waals surface area contributed by atoms with Crippen LogP contribution in [0.5, 0.6) is 5.88 Å². The Bertz CT molecular complexity index is 1150. The fourth-order valence-corrected chi connectivity index (χ4v) is 2.75. The van der Waals surface area contributed by atoms with Crippen LogP contribution in [0, 0.1) is 17.0 Å². The molecular weight excluding hydrogens is 348 g/mol. The molecule has 0 aliphatic heterocycles. The molecule has 2 heterocycles. The molecule has 27 heavy (non-hydrogen) atoms. The van der Waals surface area contributed by atoms with E-state index in [1.165, 1.54) is 19.2 Å². The van der Waals surface area contributed by atoms with E-state index in [4.69, 9.17) is 9.26 Å². The third-order valence-corrected chi connectivity index (χ3v) is 4.12. The van der Waals surface area contributed by atoms with Crippen LogP contribution in [0.3, 0.4) is 0 Å². The number of nitrogens with zero attached hydrogens (tertiary/aromatic N) is 4. The van der Waals surface area contributed by atoms with E-state index in [0.29, 0.717) is 22.8 Å². The summed E-state index contributed by atoms with van der Waals surface area (Å²) in [6.07, 6.45) is 0. The van der Waals surface area contributed by atoms with Gasteiger partial charge in [0.15, 0.2) is 0 Å². The Balaban J connectivity index is 1.76. The average Bonchev–Trinajstić information content (AvgIpc) is 3.17. The molecule has 0 spiro atoms. The summed E-state index contributed by atoms with van der Waals surface area (Å²) in [5.41, 5.74) is 3.10. The first-order chi connectivity index (χ1) is 13.0. The predicted octanol–water partition coefficient (Wildman–Crippen LogP) is 4.18. The number of nitro benzene ring substituents is 1. The molecule has 2 aromatic heterocycles. The van der Waals surface area contributed by atoms with Crippen molar-refractivity contribution in [2.75, 3.05) is 7.11 Å². The van der Waals surface area contributed by atoms with Crippen LogP contribution in [-0.4, -0.2) is 27.2 Å². The van der Waals surface area contributed by atoms with Crippen LogP contribution in [0.25, 0.3) is 33.7 Å². The van der Waals surface area contributed by atoms with Gasteiger partial charge in [0.2, 0.25) is 11.7 Å². The number of ether oxygens (including phenoxy) is 1. The summed E-state index contributed by atoms with van der Waals surface area (Å²) >= 11 is 0. The largest absolute Gasteiger partial charge is 0.480 e. The highest BCUT2D eigenvalue weighted by Crippen LogP contribution is 2.31. The number of aromatic nitrogens is 3. The molecule has 0 saturated carbocycles. The molecule has 0 N–H and O–H groups in total. The lowest BCUT2D eigenvalue weighted by Gasteiger charge is -2.07. The van der Waals surface area contributed by atoms with Gasteiger partial charge < -0.3 is 9.26 Å². The fraction of sp³-hybridized carbons (Fsp3) is 0.105. The molecule has 0 atom stereocenters. The van der Waals surface area contributed by atoms with E-state index in [1.807, 2.05) is 31.2 Å². The average molecular weight is 362 g/mol. The van der Waals surface area contributed by atoms with Crippen molar-refractivity contribution in [2.45, 2.75) is 6.92 Å². The fourth-order valence-electron chi connectivity index (χ4n) is 2.75. The molecule has 0 bridgehead atoms. The van der Waals surface area contributed by atoms with Gasteiger partial charge >= 0.3 is 0 Å². The summed E-state index contributed by atoms with van der Waals surface area (Å²) in [4.78, 5) is 19.2. The number of fused-ring (bicyclic) bond motifs is 1.